The Morgan fingerprint density at radius 3 is 2.72 bits per heavy atom. The van der Waals surface area contributed by atoms with Crippen LogP contribution in [0.4, 0.5) is 0 Å². The van der Waals surface area contributed by atoms with Crippen molar-refractivity contribution in [2.45, 2.75) is 25.7 Å². The van der Waals surface area contributed by atoms with Gasteiger partial charge in [0.2, 0.25) is 0 Å². The molecule has 8 heteroatoms. The summed E-state index contributed by atoms with van der Waals surface area (Å²) < 4.78 is 1.10. The molecule has 0 fully saturated rings. The van der Waals surface area contributed by atoms with Gasteiger partial charge in [0.15, 0.2) is 4.77 Å². The van der Waals surface area contributed by atoms with Gasteiger partial charge in [0.25, 0.3) is 11.5 Å². The highest BCUT2D eigenvalue weighted by molar-refractivity contribution is 7.71. The van der Waals surface area contributed by atoms with Gasteiger partial charge >= 0.3 is 0 Å². The summed E-state index contributed by atoms with van der Waals surface area (Å²) in [5.41, 5.74) is 0.951. The molecule has 0 spiro atoms. The van der Waals surface area contributed by atoms with Crippen LogP contribution in [-0.4, -0.2) is 15.5 Å². The third-order valence-corrected chi connectivity index (χ3v) is 6.61. The van der Waals surface area contributed by atoms with E-state index in [-0.39, 0.29) is 20.9 Å². The third-order valence-electron chi connectivity index (χ3n) is 4.38. The number of H-pyrrole nitrogens is 1. The maximum Gasteiger partial charge on any atom is 0.270 e. The Bertz CT molecular complexity index is 1140. The molecule has 0 saturated heterocycles. The normalized spacial score (nSPS) is 13.8. The fraction of sp³-hybridized carbons (Fsp3) is 0.235. The smallest absolute Gasteiger partial charge is 0.270 e. The number of aryl methyl sites for hydroxylation is 2. The molecule has 3 aromatic rings. The zero-order valence-corrected chi connectivity index (χ0v) is 16.0. The Labute approximate surface area is 162 Å². The van der Waals surface area contributed by atoms with Crippen LogP contribution in [0.15, 0.2) is 23.0 Å². The van der Waals surface area contributed by atoms with Crippen molar-refractivity contribution < 1.29 is 4.79 Å². The zero-order chi connectivity index (χ0) is 17.7. The highest BCUT2D eigenvalue weighted by atomic mass is 35.5. The number of benzene rings is 1. The van der Waals surface area contributed by atoms with E-state index in [9.17, 15) is 9.59 Å². The first kappa shape index (κ1) is 17.0. The van der Waals surface area contributed by atoms with Gasteiger partial charge in [-0.05, 0) is 61.7 Å². The van der Waals surface area contributed by atoms with Gasteiger partial charge in [0.1, 0.15) is 4.83 Å². The number of nitrogens with zero attached hydrogens (tertiary/aromatic N) is 1. The Morgan fingerprint density at radius 1 is 1.20 bits per heavy atom. The van der Waals surface area contributed by atoms with Gasteiger partial charge < -0.3 is 4.98 Å². The number of nitrogens with one attached hydrogen (secondary N) is 1. The largest absolute Gasteiger partial charge is 0.323 e. The molecule has 4 nitrogen and oxygen atoms in total. The average molecular weight is 411 g/mol. The van der Waals surface area contributed by atoms with Crippen LogP contribution in [0.5, 0.6) is 0 Å². The van der Waals surface area contributed by atoms with Crippen LogP contribution in [-0.2, 0) is 12.8 Å². The van der Waals surface area contributed by atoms with Crippen molar-refractivity contribution >= 4 is 62.9 Å². The summed E-state index contributed by atoms with van der Waals surface area (Å²) in [4.78, 5) is 30.9. The maximum atomic E-state index is 13.1. The Morgan fingerprint density at radius 2 is 1.96 bits per heavy atom. The summed E-state index contributed by atoms with van der Waals surface area (Å²) in [6.07, 6.45) is 4.00. The van der Waals surface area contributed by atoms with E-state index >= 15 is 0 Å². The lowest BCUT2D eigenvalue weighted by atomic mass is 9.97. The fourth-order valence-electron chi connectivity index (χ4n) is 3.18. The minimum absolute atomic E-state index is 0.0900. The van der Waals surface area contributed by atoms with E-state index in [1.807, 2.05) is 0 Å². The van der Waals surface area contributed by atoms with E-state index in [0.717, 1.165) is 40.6 Å². The molecule has 0 saturated carbocycles. The number of hydrogen-bond acceptors (Lipinski definition) is 4. The number of fused-ring (bicyclic) bond motifs is 3. The number of halogens is 2. The van der Waals surface area contributed by atoms with Crippen LogP contribution in [0, 0.1) is 4.77 Å². The first-order chi connectivity index (χ1) is 12.0. The van der Waals surface area contributed by atoms with E-state index in [1.54, 1.807) is 11.3 Å². The lowest BCUT2D eigenvalue weighted by Gasteiger charge is -2.10. The van der Waals surface area contributed by atoms with Gasteiger partial charge in [-0.3, -0.25) is 9.59 Å². The standard InChI is InChI=1S/C17H12Cl2N2O2S2/c18-10-6-5-8(7-11(10)19)15(22)21-16(23)13-9-3-1-2-4-12(9)25-14(13)20-17(21)24/h5-7H,1-4H2,(H,20,24). The maximum absolute atomic E-state index is 13.1. The van der Waals surface area contributed by atoms with Gasteiger partial charge in [-0.2, -0.15) is 0 Å². The van der Waals surface area contributed by atoms with Crippen LogP contribution >= 0.6 is 46.8 Å². The van der Waals surface area contributed by atoms with Gasteiger partial charge in [-0.25, -0.2) is 4.57 Å². The predicted octanol–water partition coefficient (Wildman–Crippen LogP) is 4.99. The number of thiophene rings is 1. The molecule has 1 aromatic carbocycles. The van der Waals surface area contributed by atoms with Gasteiger partial charge in [0, 0.05) is 10.4 Å². The molecule has 1 aliphatic carbocycles. The first-order valence-corrected chi connectivity index (χ1v) is 9.75. The Balaban J connectivity index is 1.95. The molecule has 0 amide bonds. The number of aromatic amines is 1. The quantitative estimate of drug-likeness (QED) is 0.574. The number of hydrogen-bond donors (Lipinski definition) is 1. The van der Waals surface area contributed by atoms with E-state index in [4.69, 9.17) is 35.4 Å². The average Bonchev–Trinajstić information content (AvgIpc) is 2.95. The lowest BCUT2D eigenvalue weighted by Crippen LogP contribution is -2.29. The van der Waals surface area contributed by atoms with Crippen LogP contribution in [0.3, 0.4) is 0 Å². The molecular weight excluding hydrogens is 399 g/mol. The molecule has 4 rings (SSSR count). The van der Waals surface area contributed by atoms with Crippen molar-refractivity contribution in [2.24, 2.45) is 0 Å². The fourth-order valence-corrected chi connectivity index (χ4v) is 5.09. The van der Waals surface area contributed by atoms with Crippen molar-refractivity contribution in [3.8, 4) is 0 Å². The topological polar surface area (TPSA) is 54.9 Å². The minimum Gasteiger partial charge on any atom is -0.323 e. The molecule has 2 heterocycles. The van der Waals surface area contributed by atoms with Crippen molar-refractivity contribution in [1.82, 2.24) is 9.55 Å². The van der Waals surface area contributed by atoms with Crippen molar-refractivity contribution in [2.75, 3.05) is 0 Å². The molecule has 1 aliphatic rings. The van der Waals surface area contributed by atoms with Gasteiger partial charge in [-0.15, -0.1) is 11.3 Å². The number of aromatic nitrogens is 2. The van der Waals surface area contributed by atoms with Crippen LogP contribution < -0.4 is 5.56 Å². The Hall–Kier alpha value is -1.47. The summed E-state index contributed by atoms with van der Waals surface area (Å²) >= 11 is 18.7. The summed E-state index contributed by atoms with van der Waals surface area (Å²) in [5.74, 6) is -0.512. The van der Waals surface area contributed by atoms with Gasteiger partial charge in [-0.1, -0.05) is 23.2 Å². The SMILES string of the molecule is O=C(c1ccc(Cl)c(Cl)c1)n1c(=S)[nH]c2sc3c(c2c1=O)CCCC3. The highest BCUT2D eigenvalue weighted by Gasteiger charge is 2.22. The molecular formula is C17H12Cl2N2O2S2. The molecule has 0 atom stereocenters. The van der Waals surface area contributed by atoms with Crippen LogP contribution in [0.2, 0.25) is 10.0 Å². The second-order valence-corrected chi connectivity index (χ2v) is 8.23. The number of rotatable bonds is 1. The zero-order valence-electron chi connectivity index (χ0n) is 12.9. The molecule has 128 valence electrons. The van der Waals surface area contributed by atoms with E-state index in [0.29, 0.717) is 10.4 Å². The van der Waals surface area contributed by atoms with Crippen molar-refractivity contribution in [3.05, 3.63) is 59.4 Å². The van der Waals surface area contributed by atoms with Crippen molar-refractivity contribution in [3.63, 3.8) is 0 Å². The van der Waals surface area contributed by atoms with E-state index in [1.165, 1.54) is 23.1 Å². The molecule has 1 N–H and O–H groups in total. The monoisotopic (exact) mass is 410 g/mol. The van der Waals surface area contributed by atoms with Crippen LogP contribution in [0.1, 0.15) is 33.6 Å². The summed E-state index contributed by atoms with van der Waals surface area (Å²) in [6, 6.07) is 4.51. The Kier molecular flexibility index (Phi) is 4.32. The van der Waals surface area contributed by atoms with Gasteiger partial charge in [0.05, 0.1) is 15.4 Å². The summed E-state index contributed by atoms with van der Waals surface area (Å²) in [5, 5.41) is 1.18. The minimum atomic E-state index is -0.512. The highest BCUT2D eigenvalue weighted by Crippen LogP contribution is 2.33. The molecule has 0 unspecified atom stereocenters. The van der Waals surface area contributed by atoms with Crippen LogP contribution in [0.25, 0.3) is 10.2 Å². The summed E-state index contributed by atoms with van der Waals surface area (Å²) in [7, 11) is 0. The number of carbonyl (C=O) groups is 1. The molecule has 0 radical (unpaired) electrons. The second-order valence-electron chi connectivity index (χ2n) is 5.92. The molecule has 0 aliphatic heterocycles. The van der Waals surface area contributed by atoms with E-state index < -0.39 is 5.91 Å². The molecule has 25 heavy (non-hydrogen) atoms. The van der Waals surface area contributed by atoms with Crippen molar-refractivity contribution in [1.29, 1.82) is 0 Å². The molecule has 2 aromatic heterocycles. The predicted molar refractivity (Wildman–Crippen MR) is 104 cm³/mol. The first-order valence-electron chi connectivity index (χ1n) is 7.76. The lowest BCUT2D eigenvalue weighted by molar-refractivity contribution is 0.0953. The number of carbonyl (C=O) groups excluding carboxylic acids is 1. The van der Waals surface area contributed by atoms with E-state index in [2.05, 4.69) is 4.98 Å². The molecule has 0 bridgehead atoms. The second kappa shape index (κ2) is 6.36. The summed E-state index contributed by atoms with van der Waals surface area (Å²) in [6.45, 7) is 0. The third kappa shape index (κ3) is 2.77.